The Morgan fingerprint density at radius 2 is 1.83 bits per heavy atom. The molecule has 3 rings (SSSR count). The lowest BCUT2D eigenvalue weighted by Gasteiger charge is -2.13. The molecule has 3 N–H and O–H groups in total. The van der Waals surface area contributed by atoms with Crippen molar-refractivity contribution < 1.29 is 9.90 Å². The molecule has 24 heavy (non-hydrogen) atoms. The summed E-state index contributed by atoms with van der Waals surface area (Å²) in [7, 11) is 1.48. The van der Waals surface area contributed by atoms with Crippen LogP contribution in [0, 0.1) is 0 Å². The summed E-state index contributed by atoms with van der Waals surface area (Å²) < 4.78 is 1.17. The maximum absolute atomic E-state index is 11.8. The van der Waals surface area contributed by atoms with Crippen molar-refractivity contribution in [3.8, 4) is 5.75 Å². The number of hydrogen-bond acceptors (Lipinski definition) is 7. The Morgan fingerprint density at radius 3 is 2.46 bits per heavy atom. The Balaban J connectivity index is 1.83. The van der Waals surface area contributed by atoms with Gasteiger partial charge in [-0.25, -0.2) is 0 Å². The van der Waals surface area contributed by atoms with E-state index in [0.717, 1.165) is 5.56 Å². The summed E-state index contributed by atoms with van der Waals surface area (Å²) in [6, 6.07) is 9.37. The Hall–Kier alpha value is -3.42. The van der Waals surface area contributed by atoms with Crippen molar-refractivity contribution in [2.45, 2.75) is 6.54 Å². The zero-order valence-electron chi connectivity index (χ0n) is 12.7. The van der Waals surface area contributed by atoms with Crippen LogP contribution < -0.4 is 21.5 Å². The summed E-state index contributed by atoms with van der Waals surface area (Å²) in [6.07, 6.45) is 0.449. The molecular weight excluding hydrogens is 312 g/mol. The van der Waals surface area contributed by atoms with E-state index < -0.39 is 10.9 Å². The Kier molecular flexibility index (Phi) is 3.87. The highest BCUT2D eigenvalue weighted by Crippen LogP contribution is 2.29. The first-order chi connectivity index (χ1) is 11.5. The second-order valence-corrected chi connectivity index (χ2v) is 5.20. The number of aldehydes is 1. The molecule has 8 nitrogen and oxygen atoms in total. The van der Waals surface area contributed by atoms with Gasteiger partial charge in [-0.3, -0.25) is 19.1 Å². The van der Waals surface area contributed by atoms with Crippen molar-refractivity contribution in [1.29, 1.82) is 0 Å². The Morgan fingerprint density at radius 1 is 1.17 bits per heavy atom. The molecule has 0 unspecified atom stereocenters. The van der Waals surface area contributed by atoms with Crippen molar-refractivity contribution in [3.63, 3.8) is 0 Å². The predicted octanol–water partition coefficient (Wildman–Crippen LogP) is 0.890. The summed E-state index contributed by atoms with van der Waals surface area (Å²) in [6.45, 7) is 0.369. The molecule has 8 heteroatoms. The molecule has 0 fully saturated rings. The van der Waals surface area contributed by atoms with Crippen LogP contribution in [0.3, 0.4) is 0 Å². The number of benzene rings is 1. The molecule has 0 bridgehead atoms. The second-order valence-electron chi connectivity index (χ2n) is 5.20. The first-order valence-corrected chi connectivity index (χ1v) is 7.12. The summed E-state index contributed by atoms with van der Waals surface area (Å²) in [5.41, 5.74) is -0.290. The van der Waals surface area contributed by atoms with Crippen molar-refractivity contribution in [2.24, 2.45) is 7.05 Å². The fraction of sp³-hybridized carbons (Fsp3) is 0.125. The highest BCUT2D eigenvalue weighted by molar-refractivity contribution is 5.84. The molecule has 0 saturated carbocycles. The molecule has 0 atom stereocenters. The highest BCUT2D eigenvalue weighted by Gasteiger charge is 2.24. The summed E-state index contributed by atoms with van der Waals surface area (Å²) >= 11 is 0. The van der Waals surface area contributed by atoms with E-state index >= 15 is 0 Å². The number of nitrogens with zero attached hydrogens (tertiary/aromatic N) is 2. The van der Waals surface area contributed by atoms with Crippen LogP contribution in [0.4, 0.5) is 17.2 Å². The molecule has 122 valence electrons. The summed E-state index contributed by atoms with van der Waals surface area (Å²) in [5, 5.41) is 19.3. The summed E-state index contributed by atoms with van der Waals surface area (Å²) in [4.78, 5) is 34.4. The van der Waals surface area contributed by atoms with E-state index in [2.05, 4.69) is 15.7 Å². The van der Waals surface area contributed by atoms with Crippen LogP contribution >= 0.6 is 0 Å². The molecule has 1 aromatic heterocycles. The van der Waals surface area contributed by atoms with Gasteiger partial charge in [-0.05, 0) is 5.56 Å². The minimum atomic E-state index is -0.705. The third kappa shape index (κ3) is 2.54. The van der Waals surface area contributed by atoms with Crippen LogP contribution in [0.2, 0.25) is 0 Å². The molecule has 0 aliphatic carbocycles. The molecule has 0 aliphatic rings. The minimum Gasteiger partial charge on any atom is -0.503 e. The molecular formula is C16H14N4O4. The van der Waals surface area contributed by atoms with Crippen LogP contribution in [-0.2, 0) is 13.6 Å². The Bertz CT molecular complexity index is 968. The monoisotopic (exact) mass is 326 g/mol. The number of aromatic nitrogens is 2. The molecule has 0 saturated heterocycles. The minimum absolute atomic E-state index is 0.0155. The van der Waals surface area contributed by atoms with E-state index in [1.165, 1.54) is 11.7 Å². The van der Waals surface area contributed by atoms with Gasteiger partial charge in [0.15, 0.2) is 17.9 Å². The largest absolute Gasteiger partial charge is 0.503 e. The third-order valence-corrected chi connectivity index (χ3v) is 3.64. The smallest absolute Gasteiger partial charge is 0.253 e. The van der Waals surface area contributed by atoms with E-state index in [1.807, 2.05) is 30.3 Å². The lowest BCUT2D eigenvalue weighted by molar-refractivity contribution is 0.111. The highest BCUT2D eigenvalue weighted by atomic mass is 16.3. The molecule has 0 amide bonds. The van der Waals surface area contributed by atoms with Gasteiger partial charge >= 0.3 is 0 Å². The SMILES string of the molecule is Cn1nc(Nc2c(NCc3ccccc3)c(=O)c2=O)c(O)c1C=O. The first kappa shape index (κ1) is 15.5. The van der Waals surface area contributed by atoms with Gasteiger partial charge < -0.3 is 15.7 Å². The average molecular weight is 326 g/mol. The molecule has 0 aliphatic heterocycles. The van der Waals surface area contributed by atoms with E-state index in [1.54, 1.807) is 0 Å². The van der Waals surface area contributed by atoms with Crippen LogP contribution in [0.1, 0.15) is 16.1 Å². The van der Waals surface area contributed by atoms with Gasteiger partial charge in [-0.2, -0.15) is 5.10 Å². The molecule has 0 spiro atoms. The number of nitrogens with one attached hydrogen (secondary N) is 2. The standard InChI is InChI=1S/C16H14N4O4/c1-20-10(8-21)13(22)16(19-20)18-12-11(14(23)15(12)24)17-7-9-5-3-2-4-6-9/h2-6,8,17,22H,7H2,1H3,(H,18,19). The van der Waals surface area contributed by atoms with E-state index in [0.29, 0.717) is 12.8 Å². The molecule has 0 radical (unpaired) electrons. The zero-order chi connectivity index (χ0) is 17.3. The number of anilines is 3. The Labute approximate surface area is 136 Å². The number of carbonyl (C=O) groups excluding carboxylic acids is 1. The van der Waals surface area contributed by atoms with E-state index in [-0.39, 0.29) is 28.6 Å². The zero-order valence-corrected chi connectivity index (χ0v) is 12.7. The van der Waals surface area contributed by atoms with Gasteiger partial charge in [0.05, 0.1) is 0 Å². The van der Waals surface area contributed by atoms with Crippen molar-refractivity contribution in [3.05, 3.63) is 62.0 Å². The molecule has 3 aromatic rings. The fourth-order valence-electron chi connectivity index (χ4n) is 2.33. The number of rotatable bonds is 6. The summed E-state index contributed by atoms with van der Waals surface area (Å²) in [5.74, 6) is -0.441. The van der Waals surface area contributed by atoms with Gasteiger partial charge in [0, 0.05) is 13.6 Å². The van der Waals surface area contributed by atoms with Crippen LogP contribution in [0.15, 0.2) is 39.9 Å². The van der Waals surface area contributed by atoms with Crippen molar-refractivity contribution in [2.75, 3.05) is 10.6 Å². The first-order valence-electron chi connectivity index (χ1n) is 7.12. The predicted molar refractivity (Wildman–Crippen MR) is 88.7 cm³/mol. The topological polar surface area (TPSA) is 113 Å². The van der Waals surface area contributed by atoms with E-state index in [4.69, 9.17) is 0 Å². The number of carbonyl (C=O) groups is 1. The number of aromatic hydroxyl groups is 1. The molecule has 1 heterocycles. The number of aryl methyl sites for hydroxylation is 1. The third-order valence-electron chi connectivity index (χ3n) is 3.64. The van der Waals surface area contributed by atoms with Gasteiger partial charge in [-0.15, -0.1) is 0 Å². The van der Waals surface area contributed by atoms with Gasteiger partial charge in [0.25, 0.3) is 10.9 Å². The van der Waals surface area contributed by atoms with Crippen LogP contribution in [0.5, 0.6) is 5.75 Å². The maximum atomic E-state index is 11.8. The van der Waals surface area contributed by atoms with Gasteiger partial charge in [0.2, 0.25) is 0 Å². The lowest BCUT2D eigenvalue weighted by Crippen LogP contribution is -2.36. The van der Waals surface area contributed by atoms with Crippen molar-refractivity contribution in [1.82, 2.24) is 9.78 Å². The average Bonchev–Trinajstić information content (AvgIpc) is 2.87. The quantitative estimate of drug-likeness (QED) is 0.455. The van der Waals surface area contributed by atoms with Crippen LogP contribution in [0.25, 0.3) is 0 Å². The second kappa shape index (κ2) is 5.99. The van der Waals surface area contributed by atoms with Gasteiger partial charge in [0.1, 0.15) is 17.1 Å². The molecule has 2 aromatic carbocycles. The van der Waals surface area contributed by atoms with Crippen molar-refractivity contribution >= 4 is 23.5 Å². The number of hydrogen-bond donors (Lipinski definition) is 3. The van der Waals surface area contributed by atoms with Gasteiger partial charge in [-0.1, -0.05) is 30.3 Å². The van der Waals surface area contributed by atoms with E-state index in [9.17, 15) is 19.5 Å². The normalized spacial score (nSPS) is 10.7. The van der Waals surface area contributed by atoms with Crippen LogP contribution in [-0.4, -0.2) is 21.2 Å². The maximum Gasteiger partial charge on any atom is 0.253 e. The lowest BCUT2D eigenvalue weighted by atomic mass is 10.1. The fourth-order valence-corrected chi connectivity index (χ4v) is 2.33.